The number of aromatic nitrogens is 2. The number of anilines is 1. The third-order valence-electron chi connectivity index (χ3n) is 5.19. The van der Waals surface area contributed by atoms with E-state index in [0.717, 1.165) is 30.4 Å². The van der Waals surface area contributed by atoms with Crippen molar-refractivity contribution in [1.82, 2.24) is 9.55 Å². The molecule has 136 valence electrons. The molecule has 5 nitrogen and oxygen atoms in total. The van der Waals surface area contributed by atoms with Crippen molar-refractivity contribution in [3.8, 4) is 11.1 Å². The van der Waals surface area contributed by atoms with E-state index in [-0.39, 0.29) is 28.4 Å². The molecule has 27 heavy (non-hydrogen) atoms. The van der Waals surface area contributed by atoms with E-state index in [1.165, 1.54) is 6.39 Å². The first kappa shape index (κ1) is 16.0. The molecule has 2 heterocycles. The van der Waals surface area contributed by atoms with Gasteiger partial charge in [-0.25, -0.2) is 13.8 Å². The lowest BCUT2D eigenvalue weighted by Gasteiger charge is -2.16. The minimum atomic E-state index is -0.684. The summed E-state index contributed by atoms with van der Waals surface area (Å²) in [5.74, 6) is -1.30. The van der Waals surface area contributed by atoms with Gasteiger partial charge in [-0.2, -0.15) is 0 Å². The molecule has 5 rings (SSSR count). The molecular formula is C20H15F2N3O2. The van der Waals surface area contributed by atoms with Crippen molar-refractivity contribution >= 4 is 27.7 Å². The summed E-state index contributed by atoms with van der Waals surface area (Å²) in [5.41, 5.74) is 7.64. The molecule has 0 aliphatic heterocycles. The molecule has 4 aromatic rings. The van der Waals surface area contributed by atoms with Gasteiger partial charge in [0.15, 0.2) is 17.5 Å². The molecule has 1 fully saturated rings. The monoisotopic (exact) mass is 367 g/mol. The van der Waals surface area contributed by atoms with Gasteiger partial charge in [-0.1, -0.05) is 6.07 Å². The van der Waals surface area contributed by atoms with E-state index in [0.29, 0.717) is 22.2 Å². The maximum atomic E-state index is 14.5. The van der Waals surface area contributed by atoms with Crippen LogP contribution in [0.25, 0.3) is 33.1 Å². The molecule has 0 bridgehead atoms. The number of nitrogens with two attached hydrogens (primary N) is 1. The van der Waals surface area contributed by atoms with Gasteiger partial charge in [0.1, 0.15) is 11.6 Å². The van der Waals surface area contributed by atoms with E-state index >= 15 is 0 Å². The van der Waals surface area contributed by atoms with Gasteiger partial charge in [-0.05, 0) is 43.0 Å². The molecule has 0 unspecified atom stereocenters. The Bertz CT molecular complexity index is 1300. The van der Waals surface area contributed by atoms with Crippen LogP contribution in [0.1, 0.15) is 24.4 Å². The van der Waals surface area contributed by atoms with Crippen LogP contribution in [0.15, 0.2) is 39.9 Å². The second-order valence-corrected chi connectivity index (χ2v) is 6.92. The average Bonchev–Trinajstić information content (AvgIpc) is 3.34. The van der Waals surface area contributed by atoms with Crippen LogP contribution in [0.2, 0.25) is 0 Å². The maximum absolute atomic E-state index is 14.5. The highest BCUT2D eigenvalue weighted by atomic mass is 19.1. The zero-order valence-corrected chi connectivity index (χ0v) is 14.4. The number of nitrogens with zero attached hydrogens (tertiary/aromatic N) is 2. The largest absolute Gasteiger partial charge is 0.443 e. The van der Waals surface area contributed by atoms with Crippen LogP contribution >= 0.6 is 0 Å². The van der Waals surface area contributed by atoms with Gasteiger partial charge in [-0.3, -0.25) is 4.79 Å². The number of pyridine rings is 1. The summed E-state index contributed by atoms with van der Waals surface area (Å²) < 4.78 is 35.6. The molecular weight excluding hydrogens is 352 g/mol. The van der Waals surface area contributed by atoms with Crippen molar-refractivity contribution in [1.29, 1.82) is 0 Å². The van der Waals surface area contributed by atoms with Crippen LogP contribution in [-0.4, -0.2) is 9.55 Å². The number of hydrogen-bond donors (Lipinski definition) is 1. The molecule has 1 aliphatic carbocycles. The van der Waals surface area contributed by atoms with Crippen LogP contribution in [0.4, 0.5) is 14.5 Å². The van der Waals surface area contributed by atoms with Crippen molar-refractivity contribution in [3.05, 3.63) is 58.2 Å². The fraction of sp³-hybridized carbons (Fsp3) is 0.200. The third-order valence-corrected chi connectivity index (χ3v) is 5.19. The Balaban J connectivity index is 1.92. The lowest BCUT2D eigenvalue weighted by atomic mass is 9.96. The molecule has 0 amide bonds. The molecule has 1 aliphatic rings. The van der Waals surface area contributed by atoms with Crippen molar-refractivity contribution < 1.29 is 13.2 Å². The number of hydrogen-bond acceptors (Lipinski definition) is 4. The molecule has 0 spiro atoms. The Morgan fingerprint density at radius 2 is 1.96 bits per heavy atom. The molecule has 0 radical (unpaired) electrons. The highest BCUT2D eigenvalue weighted by Gasteiger charge is 2.30. The SMILES string of the molecule is Cc1c(-c2cc(F)c(N)cc2F)ccc2c3ocnc3c(=O)n(C3CC3)c12. The van der Waals surface area contributed by atoms with Gasteiger partial charge in [0, 0.05) is 23.1 Å². The second kappa shape index (κ2) is 5.39. The molecule has 0 atom stereocenters. The molecule has 2 aromatic carbocycles. The zero-order valence-electron chi connectivity index (χ0n) is 14.4. The van der Waals surface area contributed by atoms with E-state index in [1.807, 2.05) is 0 Å². The number of aryl methyl sites for hydroxylation is 1. The molecule has 2 aromatic heterocycles. The summed E-state index contributed by atoms with van der Waals surface area (Å²) in [7, 11) is 0. The highest BCUT2D eigenvalue weighted by Crippen LogP contribution is 2.40. The van der Waals surface area contributed by atoms with Gasteiger partial charge in [-0.15, -0.1) is 0 Å². The lowest BCUT2D eigenvalue weighted by Crippen LogP contribution is -2.20. The second-order valence-electron chi connectivity index (χ2n) is 6.92. The van der Waals surface area contributed by atoms with Gasteiger partial charge < -0.3 is 14.7 Å². The van der Waals surface area contributed by atoms with E-state index in [1.54, 1.807) is 23.6 Å². The van der Waals surface area contributed by atoms with Crippen molar-refractivity contribution in [2.45, 2.75) is 25.8 Å². The van der Waals surface area contributed by atoms with Gasteiger partial charge >= 0.3 is 0 Å². The summed E-state index contributed by atoms with van der Waals surface area (Å²) in [6, 6.07) is 5.61. The number of fused-ring (bicyclic) bond motifs is 3. The quantitative estimate of drug-likeness (QED) is 0.536. The summed E-state index contributed by atoms with van der Waals surface area (Å²) in [6.07, 6.45) is 3.04. The van der Waals surface area contributed by atoms with Gasteiger partial charge in [0.2, 0.25) is 0 Å². The maximum Gasteiger partial charge on any atom is 0.281 e. The van der Waals surface area contributed by atoms with Crippen LogP contribution in [0.5, 0.6) is 0 Å². The lowest BCUT2D eigenvalue weighted by molar-refractivity contribution is 0.604. The predicted molar refractivity (Wildman–Crippen MR) is 98.5 cm³/mol. The standard InChI is InChI=1S/C20H15F2N3O2/c1-9-11(13-6-15(22)16(23)7-14(13)21)4-5-12-18(9)25(10-2-3-10)20(26)17-19(12)27-8-24-17/h4-8,10H,2-3,23H2,1H3. The van der Waals surface area contributed by atoms with Gasteiger partial charge in [0.05, 0.1) is 11.2 Å². The average molecular weight is 367 g/mol. The number of oxazole rings is 1. The van der Waals surface area contributed by atoms with Crippen molar-refractivity contribution in [2.24, 2.45) is 0 Å². The van der Waals surface area contributed by atoms with E-state index < -0.39 is 11.6 Å². The first-order valence-corrected chi connectivity index (χ1v) is 8.63. The molecule has 1 saturated carbocycles. The highest BCUT2D eigenvalue weighted by molar-refractivity contribution is 6.04. The number of rotatable bonds is 2. The normalized spacial score (nSPS) is 14.3. The molecule has 2 N–H and O–H groups in total. The van der Waals surface area contributed by atoms with Crippen molar-refractivity contribution in [2.75, 3.05) is 5.73 Å². The minimum Gasteiger partial charge on any atom is -0.443 e. The minimum absolute atomic E-state index is 0.0862. The Hall–Kier alpha value is -3.22. The van der Waals surface area contributed by atoms with Crippen LogP contribution in [0.3, 0.4) is 0 Å². The Kier molecular flexibility index (Phi) is 3.19. The smallest absolute Gasteiger partial charge is 0.281 e. The van der Waals surface area contributed by atoms with E-state index in [9.17, 15) is 13.6 Å². The summed E-state index contributed by atoms with van der Waals surface area (Å²) in [4.78, 5) is 17.0. The fourth-order valence-corrected chi connectivity index (χ4v) is 3.74. The number of halogens is 2. The fourth-order valence-electron chi connectivity index (χ4n) is 3.74. The van der Waals surface area contributed by atoms with Crippen molar-refractivity contribution in [3.63, 3.8) is 0 Å². The van der Waals surface area contributed by atoms with E-state index in [2.05, 4.69) is 4.98 Å². The van der Waals surface area contributed by atoms with Crippen LogP contribution in [0, 0.1) is 18.6 Å². The molecule has 7 heteroatoms. The predicted octanol–water partition coefficient (Wildman–Crippen LogP) is 4.31. The Morgan fingerprint density at radius 1 is 1.19 bits per heavy atom. The third kappa shape index (κ3) is 2.21. The summed E-state index contributed by atoms with van der Waals surface area (Å²) in [5, 5.41) is 0.728. The molecule has 0 saturated heterocycles. The van der Waals surface area contributed by atoms with E-state index in [4.69, 9.17) is 10.2 Å². The number of nitrogen functional groups attached to an aromatic ring is 1. The van der Waals surface area contributed by atoms with Crippen LogP contribution < -0.4 is 11.3 Å². The van der Waals surface area contributed by atoms with Crippen LogP contribution in [-0.2, 0) is 0 Å². The Morgan fingerprint density at radius 3 is 2.70 bits per heavy atom. The van der Waals surface area contributed by atoms with Gasteiger partial charge in [0.25, 0.3) is 5.56 Å². The Labute approximate surface area is 152 Å². The number of benzene rings is 2. The first-order valence-electron chi connectivity index (χ1n) is 8.63. The topological polar surface area (TPSA) is 74.1 Å². The summed E-state index contributed by atoms with van der Waals surface area (Å²) >= 11 is 0. The summed E-state index contributed by atoms with van der Waals surface area (Å²) in [6.45, 7) is 1.80. The first-order chi connectivity index (χ1) is 13.0. The zero-order chi connectivity index (χ0) is 18.9.